The maximum Gasteiger partial charge on any atom is 0.289 e. The van der Waals surface area contributed by atoms with Crippen LogP contribution in [0, 0.1) is 5.92 Å². The molecule has 0 aromatic carbocycles. The minimum absolute atomic E-state index is 0.0346. The van der Waals surface area contributed by atoms with Gasteiger partial charge in [-0.1, -0.05) is 11.8 Å². The molecule has 1 aromatic rings. The van der Waals surface area contributed by atoms with Crippen molar-refractivity contribution in [3.8, 4) is 0 Å². The third-order valence-corrected chi connectivity index (χ3v) is 4.32. The van der Waals surface area contributed by atoms with E-state index in [1.54, 1.807) is 6.07 Å². The zero-order valence-corrected chi connectivity index (χ0v) is 12.5. The van der Waals surface area contributed by atoms with Crippen molar-refractivity contribution in [2.24, 2.45) is 5.92 Å². The van der Waals surface area contributed by atoms with Gasteiger partial charge in [0.05, 0.1) is 0 Å². The molecule has 1 fully saturated rings. The highest BCUT2D eigenvalue weighted by atomic mass is 32.2. The van der Waals surface area contributed by atoms with E-state index < -0.39 is 0 Å². The Morgan fingerprint density at radius 1 is 1.47 bits per heavy atom. The Bertz CT molecular complexity index is 411. The zero-order chi connectivity index (χ0) is 13.7. The van der Waals surface area contributed by atoms with Crippen LogP contribution in [-0.4, -0.2) is 43.7 Å². The summed E-state index contributed by atoms with van der Waals surface area (Å²) >= 11 is 1.52. The number of carbonyl (C=O) groups is 1. The van der Waals surface area contributed by atoms with Gasteiger partial charge in [0.2, 0.25) is 0 Å². The monoisotopic (exact) mass is 282 g/mol. The van der Waals surface area contributed by atoms with Crippen molar-refractivity contribution in [1.82, 2.24) is 10.2 Å². The average molecular weight is 282 g/mol. The summed E-state index contributed by atoms with van der Waals surface area (Å²) in [4.78, 5) is 14.2. The van der Waals surface area contributed by atoms with Crippen LogP contribution in [0.4, 0.5) is 0 Å². The highest BCUT2D eigenvalue weighted by Crippen LogP contribution is 2.23. The first-order chi connectivity index (χ1) is 9.24. The molecule has 0 radical (unpaired) electrons. The predicted molar refractivity (Wildman–Crippen MR) is 77.7 cm³/mol. The molecule has 0 saturated carbocycles. The molecule has 1 aromatic heterocycles. The summed E-state index contributed by atoms with van der Waals surface area (Å²) in [5.74, 6) is 1.25. The van der Waals surface area contributed by atoms with Crippen LogP contribution >= 0.6 is 11.8 Å². The number of nitrogens with zero attached hydrogens (tertiary/aromatic N) is 1. The van der Waals surface area contributed by atoms with E-state index in [2.05, 4.69) is 5.32 Å². The van der Waals surface area contributed by atoms with Crippen LogP contribution in [0.15, 0.2) is 21.6 Å². The number of rotatable bonds is 5. The molecular formula is C14H22N2O2S. The molecule has 19 heavy (non-hydrogen) atoms. The number of nitrogens with one attached hydrogen (secondary N) is 1. The SMILES string of the molecule is CNCCC1CCN(C(=O)c2ccc(SC)o2)CC1. The smallest absolute Gasteiger partial charge is 0.289 e. The Labute approximate surface area is 118 Å². The van der Waals surface area contributed by atoms with Gasteiger partial charge >= 0.3 is 0 Å². The van der Waals surface area contributed by atoms with E-state index in [4.69, 9.17) is 4.42 Å². The molecule has 1 aliphatic heterocycles. The van der Waals surface area contributed by atoms with E-state index in [9.17, 15) is 4.79 Å². The lowest BCUT2D eigenvalue weighted by Crippen LogP contribution is -2.38. The van der Waals surface area contributed by atoms with E-state index >= 15 is 0 Å². The Hall–Kier alpha value is -0.940. The van der Waals surface area contributed by atoms with Gasteiger partial charge < -0.3 is 14.6 Å². The van der Waals surface area contributed by atoms with E-state index in [0.29, 0.717) is 5.76 Å². The van der Waals surface area contributed by atoms with Gasteiger partial charge in [-0.2, -0.15) is 0 Å². The molecule has 2 rings (SSSR count). The minimum atomic E-state index is 0.0346. The van der Waals surface area contributed by atoms with Gasteiger partial charge in [0.25, 0.3) is 5.91 Å². The van der Waals surface area contributed by atoms with Crippen molar-refractivity contribution in [3.05, 3.63) is 17.9 Å². The summed E-state index contributed by atoms with van der Waals surface area (Å²) in [7, 11) is 1.99. The Morgan fingerprint density at radius 3 is 2.79 bits per heavy atom. The van der Waals surface area contributed by atoms with Crippen LogP contribution in [0.5, 0.6) is 0 Å². The van der Waals surface area contributed by atoms with Crippen LogP contribution in [-0.2, 0) is 0 Å². The number of amides is 1. The number of hydrogen-bond donors (Lipinski definition) is 1. The summed E-state index contributed by atoms with van der Waals surface area (Å²) in [5.41, 5.74) is 0. The van der Waals surface area contributed by atoms with Crippen LogP contribution in [0.2, 0.25) is 0 Å². The van der Waals surface area contributed by atoms with E-state index in [1.807, 2.05) is 24.3 Å². The van der Waals surface area contributed by atoms with Gasteiger partial charge in [-0.3, -0.25) is 4.79 Å². The maximum absolute atomic E-state index is 12.3. The Kier molecular flexibility index (Phi) is 5.34. The molecule has 1 aliphatic rings. The van der Waals surface area contributed by atoms with Crippen molar-refractivity contribution >= 4 is 17.7 Å². The summed E-state index contributed by atoms with van der Waals surface area (Å²) in [5, 5.41) is 3.98. The van der Waals surface area contributed by atoms with Gasteiger partial charge in [-0.25, -0.2) is 0 Å². The molecule has 0 unspecified atom stereocenters. The van der Waals surface area contributed by atoms with Crippen LogP contribution in [0.25, 0.3) is 0 Å². The minimum Gasteiger partial charge on any atom is -0.445 e. The third-order valence-electron chi connectivity index (χ3n) is 3.70. The van der Waals surface area contributed by atoms with Gasteiger partial charge in [-0.05, 0) is 57.2 Å². The van der Waals surface area contributed by atoms with Crippen LogP contribution in [0.3, 0.4) is 0 Å². The number of thioether (sulfide) groups is 1. The second-order valence-corrected chi connectivity index (χ2v) is 5.76. The van der Waals surface area contributed by atoms with Gasteiger partial charge in [-0.15, -0.1) is 0 Å². The lowest BCUT2D eigenvalue weighted by Gasteiger charge is -2.31. The van der Waals surface area contributed by atoms with Gasteiger partial charge in [0.1, 0.15) is 0 Å². The number of hydrogen-bond acceptors (Lipinski definition) is 4. The first-order valence-electron chi connectivity index (χ1n) is 6.82. The van der Waals surface area contributed by atoms with Crippen molar-refractivity contribution in [2.45, 2.75) is 24.4 Å². The second-order valence-electron chi connectivity index (χ2n) is 4.95. The summed E-state index contributed by atoms with van der Waals surface area (Å²) < 4.78 is 5.50. The largest absolute Gasteiger partial charge is 0.445 e. The lowest BCUT2D eigenvalue weighted by molar-refractivity contribution is 0.0650. The normalized spacial score (nSPS) is 16.8. The van der Waals surface area contributed by atoms with Gasteiger partial charge in [0.15, 0.2) is 10.9 Å². The second kappa shape index (κ2) is 7.01. The van der Waals surface area contributed by atoms with Gasteiger partial charge in [0, 0.05) is 13.1 Å². The first-order valence-corrected chi connectivity index (χ1v) is 8.04. The van der Waals surface area contributed by atoms with Crippen molar-refractivity contribution < 1.29 is 9.21 Å². The molecule has 4 nitrogen and oxygen atoms in total. The first kappa shape index (κ1) is 14.5. The van der Waals surface area contributed by atoms with Crippen LogP contribution < -0.4 is 5.32 Å². The summed E-state index contributed by atoms with van der Waals surface area (Å²) in [6, 6.07) is 3.64. The fourth-order valence-corrected chi connectivity index (χ4v) is 2.85. The summed E-state index contributed by atoms with van der Waals surface area (Å²) in [6.07, 6.45) is 5.35. The predicted octanol–water partition coefficient (Wildman–Crippen LogP) is 2.46. The number of furan rings is 1. The molecule has 0 bridgehead atoms. The lowest BCUT2D eigenvalue weighted by atomic mass is 9.93. The molecule has 1 N–H and O–H groups in total. The maximum atomic E-state index is 12.3. The topological polar surface area (TPSA) is 45.5 Å². The quantitative estimate of drug-likeness (QED) is 0.843. The third kappa shape index (κ3) is 3.76. The van der Waals surface area contributed by atoms with Crippen LogP contribution in [0.1, 0.15) is 29.8 Å². The number of carbonyl (C=O) groups excluding carboxylic acids is 1. The number of piperidine rings is 1. The highest BCUT2D eigenvalue weighted by Gasteiger charge is 2.25. The molecular weight excluding hydrogens is 260 g/mol. The van der Waals surface area contributed by atoms with E-state index in [0.717, 1.165) is 43.5 Å². The number of likely N-dealkylation sites (tertiary alicyclic amines) is 1. The molecule has 1 saturated heterocycles. The molecule has 1 amide bonds. The van der Waals surface area contributed by atoms with E-state index in [1.165, 1.54) is 18.2 Å². The molecule has 0 atom stereocenters. The van der Waals surface area contributed by atoms with Crippen molar-refractivity contribution in [2.75, 3.05) is 32.9 Å². The zero-order valence-electron chi connectivity index (χ0n) is 11.6. The van der Waals surface area contributed by atoms with E-state index in [-0.39, 0.29) is 5.91 Å². The summed E-state index contributed by atoms with van der Waals surface area (Å²) in [6.45, 7) is 2.76. The van der Waals surface area contributed by atoms with Crippen molar-refractivity contribution in [1.29, 1.82) is 0 Å². The standard InChI is InChI=1S/C14H22N2O2S/c1-15-8-5-11-6-9-16(10-7-11)14(17)12-3-4-13(18-12)19-2/h3-4,11,15H,5-10H2,1-2H3. The molecule has 5 heteroatoms. The fourth-order valence-electron chi connectivity index (χ4n) is 2.47. The molecule has 0 aliphatic carbocycles. The van der Waals surface area contributed by atoms with Crippen molar-refractivity contribution in [3.63, 3.8) is 0 Å². The Balaban J connectivity index is 1.85. The molecule has 2 heterocycles. The highest BCUT2D eigenvalue weighted by molar-refractivity contribution is 7.98. The Morgan fingerprint density at radius 2 is 2.21 bits per heavy atom. The fraction of sp³-hybridized carbons (Fsp3) is 0.643. The molecule has 106 valence electrons. The molecule has 0 spiro atoms. The average Bonchev–Trinajstić information content (AvgIpc) is 2.94.